The lowest BCUT2D eigenvalue weighted by atomic mass is 9.98. The van der Waals surface area contributed by atoms with Crippen molar-refractivity contribution in [2.24, 2.45) is 5.92 Å². The van der Waals surface area contributed by atoms with Gasteiger partial charge < -0.3 is 10.0 Å². The van der Waals surface area contributed by atoms with Crippen LogP contribution in [0.5, 0.6) is 0 Å². The molecule has 112 valence electrons. The fraction of sp³-hybridized carbons (Fsp3) is 0.500. The number of hydrogen-bond donors (Lipinski definition) is 1. The van der Waals surface area contributed by atoms with Gasteiger partial charge in [-0.3, -0.25) is 9.69 Å². The molecular weight excluding hydrogens is 268 g/mol. The molecule has 1 fully saturated rings. The van der Waals surface area contributed by atoms with Gasteiger partial charge in [0.05, 0.1) is 5.92 Å². The van der Waals surface area contributed by atoms with Crippen LogP contribution in [0.15, 0.2) is 24.3 Å². The van der Waals surface area contributed by atoms with Gasteiger partial charge in [0.1, 0.15) is 0 Å². The van der Waals surface area contributed by atoms with Crippen molar-refractivity contribution in [3.63, 3.8) is 0 Å². The van der Waals surface area contributed by atoms with E-state index in [9.17, 15) is 9.59 Å². The Balaban J connectivity index is 1.78. The lowest BCUT2D eigenvalue weighted by Gasteiger charge is -2.37. The number of likely N-dealkylation sites (tertiary alicyclic amines) is 1. The molecule has 0 unspecified atom stereocenters. The Morgan fingerprint density at radius 1 is 1.14 bits per heavy atom. The number of aryl methyl sites for hydroxylation is 1. The minimum absolute atomic E-state index is 0.0481. The molecule has 0 saturated carbocycles. The maximum absolute atomic E-state index is 12.7. The van der Waals surface area contributed by atoms with Crippen molar-refractivity contribution in [1.29, 1.82) is 0 Å². The van der Waals surface area contributed by atoms with E-state index in [0.717, 1.165) is 24.9 Å². The Morgan fingerprint density at radius 2 is 1.95 bits per heavy atom. The third kappa shape index (κ3) is 2.73. The molecule has 2 amide bonds. The Bertz CT molecular complexity index is 558. The van der Waals surface area contributed by atoms with E-state index in [4.69, 9.17) is 5.11 Å². The summed E-state index contributed by atoms with van der Waals surface area (Å²) in [6, 6.07) is 7.93. The summed E-state index contributed by atoms with van der Waals surface area (Å²) in [4.78, 5) is 27.4. The van der Waals surface area contributed by atoms with Crippen LogP contribution in [0.4, 0.5) is 10.5 Å². The summed E-state index contributed by atoms with van der Waals surface area (Å²) in [6.45, 7) is 1.69. The third-order valence-electron chi connectivity index (χ3n) is 4.38. The number of benzene rings is 1. The quantitative estimate of drug-likeness (QED) is 0.863. The maximum Gasteiger partial charge on any atom is 0.324 e. The second-order valence-electron chi connectivity index (χ2n) is 5.79. The number of carbonyl (C=O) groups excluding carboxylic acids is 1. The molecular formula is C16H20N2O3. The van der Waals surface area contributed by atoms with Crippen LogP contribution in [-0.2, 0) is 11.2 Å². The van der Waals surface area contributed by atoms with Gasteiger partial charge in [-0.1, -0.05) is 18.2 Å². The van der Waals surface area contributed by atoms with Crippen LogP contribution in [0.25, 0.3) is 0 Å². The van der Waals surface area contributed by atoms with Crippen LogP contribution in [0.2, 0.25) is 0 Å². The van der Waals surface area contributed by atoms with E-state index < -0.39 is 11.9 Å². The van der Waals surface area contributed by atoms with Crippen LogP contribution < -0.4 is 4.90 Å². The van der Waals surface area contributed by atoms with Gasteiger partial charge in [0.25, 0.3) is 0 Å². The normalized spacial score (nSPS) is 21.8. The molecule has 1 saturated heterocycles. The van der Waals surface area contributed by atoms with Crippen LogP contribution in [-0.4, -0.2) is 41.6 Å². The summed E-state index contributed by atoms with van der Waals surface area (Å²) in [5, 5.41) is 9.15. The monoisotopic (exact) mass is 288 g/mol. The fourth-order valence-electron chi connectivity index (χ4n) is 3.26. The highest BCUT2D eigenvalue weighted by Crippen LogP contribution is 2.28. The molecule has 1 aromatic rings. The van der Waals surface area contributed by atoms with E-state index in [-0.39, 0.29) is 6.03 Å². The second kappa shape index (κ2) is 5.76. The van der Waals surface area contributed by atoms with Crippen LogP contribution in [0.3, 0.4) is 0 Å². The third-order valence-corrected chi connectivity index (χ3v) is 4.38. The zero-order chi connectivity index (χ0) is 14.8. The molecule has 0 aliphatic carbocycles. The number of para-hydroxylation sites is 1. The van der Waals surface area contributed by atoms with Crippen molar-refractivity contribution in [2.45, 2.75) is 25.7 Å². The largest absolute Gasteiger partial charge is 0.481 e. The van der Waals surface area contributed by atoms with E-state index >= 15 is 0 Å². The molecule has 2 heterocycles. The number of carboxylic acid groups (broad SMARTS) is 1. The van der Waals surface area contributed by atoms with E-state index in [1.54, 1.807) is 4.90 Å². The van der Waals surface area contributed by atoms with Crippen LogP contribution >= 0.6 is 0 Å². The number of rotatable bonds is 1. The van der Waals surface area contributed by atoms with Crippen molar-refractivity contribution in [3.8, 4) is 0 Å². The molecule has 5 nitrogen and oxygen atoms in total. The molecule has 1 aromatic carbocycles. The van der Waals surface area contributed by atoms with Gasteiger partial charge in [-0.25, -0.2) is 4.79 Å². The molecule has 3 rings (SSSR count). The predicted octanol–water partition coefficient (Wildman–Crippen LogP) is 2.36. The molecule has 1 atom stereocenters. The second-order valence-corrected chi connectivity index (χ2v) is 5.79. The number of nitrogens with zero attached hydrogens (tertiary/aromatic N) is 2. The van der Waals surface area contributed by atoms with E-state index in [1.807, 2.05) is 23.1 Å². The number of carbonyl (C=O) groups is 2. The van der Waals surface area contributed by atoms with E-state index in [2.05, 4.69) is 6.07 Å². The minimum atomic E-state index is -0.799. The molecule has 2 aliphatic rings. The summed E-state index contributed by atoms with van der Waals surface area (Å²) >= 11 is 0. The topological polar surface area (TPSA) is 60.9 Å². The first-order valence-electron chi connectivity index (χ1n) is 7.54. The molecule has 21 heavy (non-hydrogen) atoms. The van der Waals surface area contributed by atoms with Crippen molar-refractivity contribution in [2.75, 3.05) is 24.5 Å². The first kappa shape index (κ1) is 13.9. The number of amides is 2. The Hall–Kier alpha value is -2.04. The molecule has 0 bridgehead atoms. The average molecular weight is 288 g/mol. The summed E-state index contributed by atoms with van der Waals surface area (Å²) in [5.41, 5.74) is 2.18. The first-order chi connectivity index (χ1) is 10.2. The standard InChI is InChI=1S/C16H20N2O3/c19-15(20)13-7-3-9-17(11-13)16(21)18-10-4-6-12-5-1-2-8-14(12)18/h1-2,5,8,13H,3-4,6-7,9-11H2,(H,19,20)/t13-/m0/s1. The number of fused-ring (bicyclic) bond motifs is 1. The predicted molar refractivity (Wildman–Crippen MR) is 79.4 cm³/mol. The number of hydrogen-bond acceptors (Lipinski definition) is 2. The van der Waals surface area contributed by atoms with Crippen molar-refractivity contribution >= 4 is 17.7 Å². The molecule has 0 aromatic heterocycles. The van der Waals surface area contributed by atoms with Crippen molar-refractivity contribution < 1.29 is 14.7 Å². The lowest BCUT2D eigenvalue weighted by molar-refractivity contribution is -0.143. The van der Waals surface area contributed by atoms with Crippen molar-refractivity contribution in [1.82, 2.24) is 4.90 Å². The number of urea groups is 1. The zero-order valence-corrected chi connectivity index (χ0v) is 12.0. The zero-order valence-electron chi connectivity index (χ0n) is 12.0. The lowest BCUT2D eigenvalue weighted by Crippen LogP contribution is -2.50. The molecule has 1 N–H and O–H groups in total. The first-order valence-corrected chi connectivity index (χ1v) is 7.54. The number of anilines is 1. The highest BCUT2D eigenvalue weighted by Gasteiger charge is 2.32. The maximum atomic E-state index is 12.7. The van der Waals surface area contributed by atoms with Gasteiger partial charge in [0.15, 0.2) is 0 Å². The SMILES string of the molecule is O=C(O)[C@H]1CCCN(C(=O)N2CCCc3ccccc32)C1. The molecule has 2 aliphatic heterocycles. The number of piperidine rings is 1. The molecule has 0 radical (unpaired) electrons. The number of aliphatic carboxylic acids is 1. The van der Waals surface area contributed by atoms with E-state index in [0.29, 0.717) is 26.1 Å². The highest BCUT2D eigenvalue weighted by molar-refractivity contribution is 5.93. The smallest absolute Gasteiger partial charge is 0.324 e. The highest BCUT2D eigenvalue weighted by atomic mass is 16.4. The minimum Gasteiger partial charge on any atom is -0.481 e. The summed E-state index contributed by atoms with van der Waals surface area (Å²) in [7, 11) is 0. The summed E-state index contributed by atoms with van der Waals surface area (Å²) in [5.74, 6) is -1.23. The molecule has 0 spiro atoms. The Labute approximate surface area is 124 Å². The number of carboxylic acids is 1. The molecule has 5 heteroatoms. The summed E-state index contributed by atoms with van der Waals surface area (Å²) in [6.07, 6.45) is 3.38. The van der Waals surface area contributed by atoms with Gasteiger partial charge in [-0.15, -0.1) is 0 Å². The van der Waals surface area contributed by atoms with Gasteiger partial charge in [-0.2, -0.15) is 0 Å². The van der Waals surface area contributed by atoms with E-state index in [1.165, 1.54) is 5.56 Å². The van der Waals surface area contributed by atoms with Crippen molar-refractivity contribution in [3.05, 3.63) is 29.8 Å². The van der Waals surface area contributed by atoms with Gasteiger partial charge in [-0.05, 0) is 37.3 Å². The van der Waals surface area contributed by atoms with Gasteiger partial charge >= 0.3 is 12.0 Å². The van der Waals surface area contributed by atoms with Crippen LogP contribution in [0, 0.1) is 5.92 Å². The summed E-state index contributed by atoms with van der Waals surface area (Å²) < 4.78 is 0. The van der Waals surface area contributed by atoms with Gasteiger partial charge in [0.2, 0.25) is 0 Å². The van der Waals surface area contributed by atoms with Gasteiger partial charge in [0, 0.05) is 25.3 Å². The Morgan fingerprint density at radius 3 is 2.76 bits per heavy atom. The average Bonchev–Trinajstić information content (AvgIpc) is 2.53. The Kier molecular flexibility index (Phi) is 3.82. The fourth-order valence-corrected chi connectivity index (χ4v) is 3.26. The van der Waals surface area contributed by atoms with Crippen LogP contribution in [0.1, 0.15) is 24.8 Å².